The van der Waals surface area contributed by atoms with Gasteiger partial charge in [-0.1, -0.05) is 85.1 Å². The second kappa shape index (κ2) is 16.1. The quantitative estimate of drug-likeness (QED) is 0.247. The van der Waals surface area contributed by atoms with Crippen molar-refractivity contribution in [3.8, 4) is 0 Å². The third-order valence-corrected chi connectivity index (χ3v) is 25.4. The molecule has 0 saturated heterocycles. The lowest BCUT2D eigenvalue weighted by Crippen LogP contribution is -2.50. The van der Waals surface area contributed by atoms with Crippen LogP contribution in [0, 0.1) is 104 Å². The van der Waals surface area contributed by atoms with Gasteiger partial charge in [-0.25, -0.2) is 0 Å². The van der Waals surface area contributed by atoms with Gasteiger partial charge in [0.15, 0.2) is 11.6 Å². The van der Waals surface area contributed by atoms with Crippen molar-refractivity contribution in [2.24, 2.45) is 104 Å². The number of hydrogen-bond acceptors (Lipinski definition) is 3. The highest BCUT2D eigenvalue weighted by Gasteiger charge is 2.61. The first kappa shape index (κ1) is 45.3. The SMILES string of the molecule is C[C@H]1CC[C@H]2[C@@H]3CC=C4C[C@@H](O)CC[C@]4(C)[C@H]3CC[C@]12C.C[C@H]1CC[C@H]2[C@@H]3CCC4=CC(=O)CC[C@]4(C)[C@H]3CC[C@]12C.C[C@H]1CC[C@H]2[C@@H]3CCC4=CC(=O)CC[C@]4(C)[C@H]3CC[C@]12C. The molecule has 0 bridgehead atoms. The van der Waals surface area contributed by atoms with Crippen molar-refractivity contribution < 1.29 is 14.7 Å². The first-order chi connectivity index (χ1) is 29.8. The molecule has 9 fully saturated rings. The fourth-order valence-electron chi connectivity index (χ4n) is 20.5. The number of carbonyl (C=O) groups is 2. The zero-order valence-corrected chi connectivity index (χ0v) is 42.0. The lowest BCUT2D eigenvalue weighted by molar-refractivity contribution is -0.118. The number of fused-ring (bicyclic) bond motifs is 15. The highest BCUT2D eigenvalue weighted by molar-refractivity contribution is 5.92. The molecule has 19 atom stereocenters. The zero-order valence-electron chi connectivity index (χ0n) is 42.0. The molecule has 0 radical (unpaired) electrons. The van der Waals surface area contributed by atoms with Gasteiger partial charge in [0.2, 0.25) is 0 Å². The van der Waals surface area contributed by atoms with E-state index >= 15 is 0 Å². The van der Waals surface area contributed by atoms with Crippen LogP contribution in [0.4, 0.5) is 0 Å². The molecule has 0 aromatic carbocycles. The molecule has 0 amide bonds. The second-order valence-corrected chi connectivity index (χ2v) is 27.2. The van der Waals surface area contributed by atoms with Crippen LogP contribution in [0.15, 0.2) is 34.9 Å². The second-order valence-electron chi connectivity index (χ2n) is 27.2. The van der Waals surface area contributed by atoms with Crippen LogP contribution >= 0.6 is 0 Å². The Hall–Kier alpha value is -1.48. The number of carbonyl (C=O) groups excluding carboxylic acids is 2. The molecule has 1 N–H and O–H groups in total. The lowest BCUT2D eigenvalue weighted by atomic mass is 9.47. The van der Waals surface area contributed by atoms with Crippen LogP contribution < -0.4 is 0 Å². The number of allylic oxidation sites excluding steroid dienone is 3. The van der Waals surface area contributed by atoms with Crippen molar-refractivity contribution in [2.75, 3.05) is 0 Å². The zero-order chi connectivity index (χ0) is 44.5. The Balaban J connectivity index is 0.000000112. The molecule has 3 nitrogen and oxygen atoms in total. The minimum atomic E-state index is -0.0683. The molecule has 0 aliphatic heterocycles. The Morgan fingerprint density at radius 2 is 0.825 bits per heavy atom. The van der Waals surface area contributed by atoms with Crippen molar-refractivity contribution in [3.63, 3.8) is 0 Å². The number of rotatable bonds is 0. The standard InChI is InChI=1S/C20H32O.2C20H30O/c3*1-13-4-7-17-16-6-5-14-12-15(21)8-10-20(14,3)18(16)9-11-19(13,17)2/h5,13,15-18,21H,4,6-12H2,1-3H3;2*12-13,16-18H,4-11H2,1-3H3/t13-,15-,16-,17-,18-,19+,20-;2*13-,16-,17-,18-,19+,20-/m000/s1. The summed E-state index contributed by atoms with van der Waals surface area (Å²) in [5.74, 6) is 11.8. The van der Waals surface area contributed by atoms with Crippen LogP contribution in [0.3, 0.4) is 0 Å². The molecule has 0 heterocycles. The normalized spacial score (nSPS) is 53.9. The Morgan fingerprint density at radius 3 is 1.27 bits per heavy atom. The number of ketones is 2. The van der Waals surface area contributed by atoms with Crippen molar-refractivity contribution in [1.82, 2.24) is 0 Å². The summed E-state index contributed by atoms with van der Waals surface area (Å²) >= 11 is 0. The monoisotopic (exact) mass is 861 g/mol. The molecule has 9 saturated carbocycles. The minimum Gasteiger partial charge on any atom is -0.393 e. The van der Waals surface area contributed by atoms with Crippen LogP contribution in [-0.4, -0.2) is 22.8 Å². The fraction of sp³-hybridized carbons (Fsp3) is 0.867. The van der Waals surface area contributed by atoms with E-state index in [-0.39, 0.29) is 6.10 Å². The van der Waals surface area contributed by atoms with Gasteiger partial charge in [-0.2, -0.15) is 0 Å². The Kier molecular flexibility index (Phi) is 11.6. The summed E-state index contributed by atoms with van der Waals surface area (Å²) in [5.41, 5.74) is 7.59. The summed E-state index contributed by atoms with van der Waals surface area (Å²) in [6, 6.07) is 0. The van der Waals surface area contributed by atoms with Crippen molar-refractivity contribution >= 4 is 11.6 Å². The van der Waals surface area contributed by atoms with Crippen LogP contribution in [0.5, 0.6) is 0 Å². The third-order valence-electron chi connectivity index (χ3n) is 25.4. The summed E-state index contributed by atoms with van der Waals surface area (Å²) in [6.45, 7) is 22.8. The number of aliphatic hydroxyl groups excluding tert-OH is 1. The third kappa shape index (κ3) is 6.96. The molecule has 0 aromatic rings. The highest BCUT2D eigenvalue weighted by Crippen LogP contribution is 2.69. The van der Waals surface area contributed by atoms with Gasteiger partial charge < -0.3 is 5.11 Å². The van der Waals surface area contributed by atoms with E-state index in [9.17, 15) is 14.7 Å². The van der Waals surface area contributed by atoms with Crippen LogP contribution in [0.2, 0.25) is 0 Å². The van der Waals surface area contributed by atoms with Gasteiger partial charge in [0, 0.05) is 12.8 Å². The van der Waals surface area contributed by atoms with Gasteiger partial charge in [-0.15, -0.1) is 0 Å². The maximum atomic E-state index is 11.8. The lowest BCUT2D eigenvalue weighted by Gasteiger charge is -2.58. The van der Waals surface area contributed by atoms with E-state index < -0.39 is 0 Å². The maximum Gasteiger partial charge on any atom is 0.155 e. The van der Waals surface area contributed by atoms with Gasteiger partial charge >= 0.3 is 0 Å². The van der Waals surface area contributed by atoms with Gasteiger partial charge in [0.05, 0.1) is 6.10 Å². The van der Waals surface area contributed by atoms with E-state index in [1.54, 1.807) is 5.57 Å². The van der Waals surface area contributed by atoms with E-state index in [0.29, 0.717) is 44.1 Å². The van der Waals surface area contributed by atoms with Crippen LogP contribution in [-0.2, 0) is 9.59 Å². The van der Waals surface area contributed by atoms with Crippen molar-refractivity contribution in [1.29, 1.82) is 0 Å². The topological polar surface area (TPSA) is 54.4 Å². The molecule has 12 aliphatic carbocycles. The summed E-state index contributed by atoms with van der Waals surface area (Å²) in [6.07, 6.45) is 37.3. The van der Waals surface area contributed by atoms with Crippen LogP contribution in [0.1, 0.15) is 216 Å². The molecule has 0 aromatic heterocycles. The summed E-state index contributed by atoms with van der Waals surface area (Å²) < 4.78 is 0. The van der Waals surface area contributed by atoms with E-state index in [1.807, 2.05) is 12.2 Å². The van der Waals surface area contributed by atoms with Gasteiger partial charge in [0.25, 0.3) is 0 Å². The van der Waals surface area contributed by atoms with Gasteiger partial charge in [-0.3, -0.25) is 9.59 Å². The van der Waals surface area contributed by atoms with E-state index in [4.69, 9.17) is 0 Å². The van der Waals surface area contributed by atoms with E-state index in [1.165, 1.54) is 127 Å². The Morgan fingerprint density at radius 1 is 0.429 bits per heavy atom. The van der Waals surface area contributed by atoms with Crippen molar-refractivity contribution in [3.05, 3.63) is 34.9 Å². The number of hydrogen-bond donors (Lipinski definition) is 1. The van der Waals surface area contributed by atoms with Gasteiger partial charge in [0.1, 0.15) is 0 Å². The molecular formula is C60H92O3. The molecule has 0 unspecified atom stereocenters. The summed E-state index contributed by atoms with van der Waals surface area (Å²) in [7, 11) is 0. The first-order valence-corrected chi connectivity index (χ1v) is 27.7. The molecule has 3 heteroatoms. The largest absolute Gasteiger partial charge is 0.393 e. The molecule has 0 spiro atoms. The summed E-state index contributed by atoms with van der Waals surface area (Å²) in [4.78, 5) is 23.6. The Bertz CT molecular complexity index is 1810. The average Bonchev–Trinajstić information content (AvgIpc) is 3.86. The smallest absolute Gasteiger partial charge is 0.155 e. The van der Waals surface area contributed by atoms with Gasteiger partial charge in [-0.05, 0) is 257 Å². The summed E-state index contributed by atoms with van der Waals surface area (Å²) in [5, 5.41) is 10.0. The predicted octanol–water partition coefficient (Wildman–Crippen LogP) is 15.3. The van der Waals surface area contributed by atoms with E-state index in [0.717, 1.165) is 110 Å². The molecule has 63 heavy (non-hydrogen) atoms. The highest BCUT2D eigenvalue weighted by atomic mass is 16.3. The average molecular weight is 861 g/mol. The molecular weight excluding hydrogens is 769 g/mol. The maximum absolute atomic E-state index is 11.8. The van der Waals surface area contributed by atoms with Crippen molar-refractivity contribution in [2.45, 2.75) is 223 Å². The minimum absolute atomic E-state index is 0.0683. The molecule has 350 valence electrons. The fourth-order valence-corrected chi connectivity index (χ4v) is 20.5. The van der Waals surface area contributed by atoms with E-state index in [2.05, 4.69) is 68.4 Å². The molecule has 12 aliphatic rings. The predicted molar refractivity (Wildman–Crippen MR) is 259 cm³/mol. The Labute approximate surface area is 385 Å². The molecule has 12 rings (SSSR count). The van der Waals surface area contributed by atoms with Crippen LogP contribution in [0.25, 0.3) is 0 Å². The first-order valence-electron chi connectivity index (χ1n) is 27.7. The number of aliphatic hydroxyl groups is 1.